The summed E-state index contributed by atoms with van der Waals surface area (Å²) in [6.07, 6.45) is 1.82. The molecule has 0 radical (unpaired) electrons. The zero-order valence-electron chi connectivity index (χ0n) is 12.4. The van der Waals surface area contributed by atoms with Crippen molar-refractivity contribution in [2.75, 3.05) is 19.7 Å². The smallest absolute Gasteiger partial charge is 0.306 e. The van der Waals surface area contributed by atoms with Gasteiger partial charge in [-0.3, -0.25) is 9.69 Å². The van der Waals surface area contributed by atoms with Gasteiger partial charge in [-0.25, -0.2) is 0 Å². The molecule has 0 aromatic heterocycles. The third-order valence-electron chi connectivity index (χ3n) is 3.98. The molecule has 21 heavy (non-hydrogen) atoms. The number of morpholine rings is 1. The summed E-state index contributed by atoms with van der Waals surface area (Å²) < 4.78 is 5.49. The van der Waals surface area contributed by atoms with E-state index in [0.717, 1.165) is 19.4 Å². The van der Waals surface area contributed by atoms with Gasteiger partial charge in [0.15, 0.2) is 0 Å². The second-order valence-corrected chi connectivity index (χ2v) is 5.64. The fraction of sp³-hybridized carbons (Fsp3) is 0.562. The second kappa shape index (κ2) is 7.43. The Morgan fingerprint density at radius 2 is 2.14 bits per heavy atom. The first-order valence-corrected chi connectivity index (χ1v) is 7.40. The van der Waals surface area contributed by atoms with Crippen LogP contribution in [0.15, 0.2) is 24.3 Å². The Kier molecular flexibility index (Phi) is 5.59. The molecule has 2 N–H and O–H groups in total. The highest BCUT2D eigenvalue weighted by Crippen LogP contribution is 2.17. The lowest BCUT2D eigenvalue weighted by Crippen LogP contribution is -2.47. The molecular weight excluding hydrogens is 270 g/mol. The van der Waals surface area contributed by atoms with Crippen molar-refractivity contribution in [3.05, 3.63) is 29.8 Å². The van der Waals surface area contributed by atoms with Crippen LogP contribution in [-0.2, 0) is 16.0 Å². The molecule has 1 heterocycles. The summed E-state index contributed by atoms with van der Waals surface area (Å²) in [5.41, 5.74) is 1.20. The van der Waals surface area contributed by atoms with Crippen molar-refractivity contribution in [3.8, 4) is 5.75 Å². The number of rotatable bonds is 6. The molecule has 1 aliphatic heterocycles. The van der Waals surface area contributed by atoms with Crippen molar-refractivity contribution >= 4 is 5.97 Å². The predicted molar refractivity (Wildman–Crippen MR) is 79.5 cm³/mol. The van der Waals surface area contributed by atoms with E-state index >= 15 is 0 Å². The van der Waals surface area contributed by atoms with Gasteiger partial charge in [-0.05, 0) is 37.5 Å². The first-order chi connectivity index (χ1) is 10.0. The topological polar surface area (TPSA) is 70.0 Å². The number of aliphatic carboxylic acids is 1. The van der Waals surface area contributed by atoms with Crippen LogP contribution in [0.1, 0.15) is 25.3 Å². The molecular formula is C16H23NO4. The van der Waals surface area contributed by atoms with E-state index in [-0.39, 0.29) is 18.3 Å². The SMILES string of the molecule is CC(CCc1ccc(O)cc1)N1CCOC(CC(=O)O)C1. The molecule has 2 rings (SSSR count). The lowest BCUT2D eigenvalue weighted by Gasteiger charge is -2.36. The van der Waals surface area contributed by atoms with E-state index in [4.69, 9.17) is 9.84 Å². The maximum Gasteiger partial charge on any atom is 0.306 e. The van der Waals surface area contributed by atoms with Gasteiger partial charge < -0.3 is 14.9 Å². The molecule has 5 heteroatoms. The molecule has 1 saturated heterocycles. The second-order valence-electron chi connectivity index (χ2n) is 5.64. The van der Waals surface area contributed by atoms with Gasteiger partial charge in [0.1, 0.15) is 5.75 Å². The molecule has 0 bridgehead atoms. The van der Waals surface area contributed by atoms with E-state index in [9.17, 15) is 9.90 Å². The van der Waals surface area contributed by atoms with Gasteiger partial charge in [-0.1, -0.05) is 12.1 Å². The number of carboxylic acid groups (broad SMARTS) is 1. The van der Waals surface area contributed by atoms with Crippen LogP contribution >= 0.6 is 0 Å². The summed E-state index contributed by atoms with van der Waals surface area (Å²) in [5.74, 6) is -0.518. The number of carbonyl (C=O) groups is 1. The van der Waals surface area contributed by atoms with Crippen LogP contribution in [0.2, 0.25) is 0 Å². The number of benzene rings is 1. The molecule has 1 aromatic carbocycles. The molecule has 1 fully saturated rings. The maximum absolute atomic E-state index is 10.8. The Hall–Kier alpha value is -1.59. The number of phenols is 1. The van der Waals surface area contributed by atoms with Crippen LogP contribution in [0.4, 0.5) is 0 Å². The zero-order chi connectivity index (χ0) is 15.2. The van der Waals surface area contributed by atoms with Crippen LogP contribution in [0, 0.1) is 0 Å². The standard InChI is InChI=1S/C16H23NO4/c1-12(2-3-13-4-6-14(18)7-5-13)17-8-9-21-15(11-17)10-16(19)20/h4-7,12,15,18H,2-3,8-11H2,1H3,(H,19,20). The van der Waals surface area contributed by atoms with Crippen molar-refractivity contribution in [2.45, 2.75) is 38.3 Å². The first kappa shape index (κ1) is 15.8. The molecule has 5 nitrogen and oxygen atoms in total. The number of phenolic OH excluding ortho intramolecular Hbond substituents is 1. The summed E-state index contributed by atoms with van der Waals surface area (Å²) in [6.45, 7) is 4.31. The summed E-state index contributed by atoms with van der Waals surface area (Å²) in [5, 5.41) is 18.1. The van der Waals surface area contributed by atoms with E-state index < -0.39 is 5.97 Å². The Labute approximate surface area is 125 Å². The zero-order valence-corrected chi connectivity index (χ0v) is 12.4. The number of nitrogens with zero attached hydrogens (tertiary/aromatic N) is 1. The maximum atomic E-state index is 10.8. The minimum atomic E-state index is -0.807. The van der Waals surface area contributed by atoms with Gasteiger partial charge in [0.25, 0.3) is 0 Å². The number of ether oxygens (including phenoxy) is 1. The third-order valence-corrected chi connectivity index (χ3v) is 3.98. The minimum absolute atomic E-state index is 0.0706. The monoisotopic (exact) mass is 293 g/mol. The Bertz CT molecular complexity index is 460. The van der Waals surface area contributed by atoms with Gasteiger partial charge >= 0.3 is 5.97 Å². The van der Waals surface area contributed by atoms with E-state index in [1.807, 2.05) is 12.1 Å². The van der Waals surface area contributed by atoms with Crippen molar-refractivity contribution in [2.24, 2.45) is 0 Å². The molecule has 1 aliphatic rings. The number of aromatic hydroxyl groups is 1. The Morgan fingerprint density at radius 3 is 2.81 bits per heavy atom. The summed E-state index contributed by atoms with van der Waals surface area (Å²) >= 11 is 0. The predicted octanol–water partition coefficient (Wildman–Crippen LogP) is 1.89. The van der Waals surface area contributed by atoms with Gasteiger partial charge in [0, 0.05) is 19.1 Å². The average Bonchev–Trinajstić information content (AvgIpc) is 2.46. The molecule has 2 unspecified atom stereocenters. The quantitative estimate of drug-likeness (QED) is 0.838. The fourth-order valence-corrected chi connectivity index (χ4v) is 2.68. The highest BCUT2D eigenvalue weighted by atomic mass is 16.5. The van der Waals surface area contributed by atoms with Crippen LogP contribution in [0.25, 0.3) is 0 Å². The summed E-state index contributed by atoms with van der Waals surface area (Å²) in [6, 6.07) is 7.68. The van der Waals surface area contributed by atoms with Crippen LogP contribution in [0.5, 0.6) is 5.75 Å². The Morgan fingerprint density at radius 1 is 1.43 bits per heavy atom. The van der Waals surface area contributed by atoms with E-state index in [1.165, 1.54) is 5.56 Å². The first-order valence-electron chi connectivity index (χ1n) is 7.40. The van der Waals surface area contributed by atoms with E-state index in [2.05, 4.69) is 11.8 Å². The van der Waals surface area contributed by atoms with E-state index in [1.54, 1.807) is 12.1 Å². The molecule has 0 aliphatic carbocycles. The normalized spacial score (nSPS) is 21.1. The van der Waals surface area contributed by atoms with Gasteiger partial charge in [0.2, 0.25) is 0 Å². The van der Waals surface area contributed by atoms with Gasteiger partial charge in [0.05, 0.1) is 19.1 Å². The lowest BCUT2D eigenvalue weighted by molar-refractivity contribution is -0.142. The average molecular weight is 293 g/mol. The van der Waals surface area contributed by atoms with Gasteiger partial charge in [-0.2, -0.15) is 0 Å². The van der Waals surface area contributed by atoms with Crippen molar-refractivity contribution in [3.63, 3.8) is 0 Å². The lowest BCUT2D eigenvalue weighted by atomic mass is 10.0. The van der Waals surface area contributed by atoms with E-state index in [0.29, 0.717) is 19.2 Å². The number of aryl methyl sites for hydroxylation is 1. The highest BCUT2D eigenvalue weighted by Gasteiger charge is 2.25. The summed E-state index contributed by atoms with van der Waals surface area (Å²) in [4.78, 5) is 13.1. The van der Waals surface area contributed by atoms with Crippen LogP contribution < -0.4 is 0 Å². The number of hydrogen-bond acceptors (Lipinski definition) is 4. The fourth-order valence-electron chi connectivity index (χ4n) is 2.68. The van der Waals surface area contributed by atoms with Crippen molar-refractivity contribution in [1.29, 1.82) is 0 Å². The van der Waals surface area contributed by atoms with Gasteiger partial charge in [-0.15, -0.1) is 0 Å². The molecule has 0 amide bonds. The molecule has 1 aromatic rings. The van der Waals surface area contributed by atoms with Crippen molar-refractivity contribution in [1.82, 2.24) is 4.90 Å². The van der Waals surface area contributed by atoms with Crippen molar-refractivity contribution < 1.29 is 19.7 Å². The number of hydrogen-bond donors (Lipinski definition) is 2. The largest absolute Gasteiger partial charge is 0.508 e. The molecule has 0 saturated carbocycles. The third kappa shape index (κ3) is 5.02. The molecule has 116 valence electrons. The minimum Gasteiger partial charge on any atom is -0.508 e. The molecule has 0 spiro atoms. The number of carboxylic acids is 1. The van der Waals surface area contributed by atoms with Crippen LogP contribution in [0.3, 0.4) is 0 Å². The molecule has 2 atom stereocenters. The Balaban J connectivity index is 1.80. The summed E-state index contributed by atoms with van der Waals surface area (Å²) in [7, 11) is 0. The highest BCUT2D eigenvalue weighted by molar-refractivity contribution is 5.67. The van der Waals surface area contributed by atoms with Crippen LogP contribution in [-0.4, -0.2) is 52.9 Å².